The van der Waals surface area contributed by atoms with Gasteiger partial charge >= 0.3 is 0 Å². The summed E-state index contributed by atoms with van der Waals surface area (Å²) in [6.45, 7) is 3.91. The fourth-order valence-corrected chi connectivity index (χ4v) is 2.94. The Morgan fingerprint density at radius 1 is 1.21 bits per heavy atom. The van der Waals surface area contributed by atoms with Crippen LogP contribution in [0.25, 0.3) is 0 Å². The molecule has 3 fully saturated rings. The number of tetrazole rings is 1. The maximum Gasteiger partial charge on any atom is 0.165 e. The van der Waals surface area contributed by atoms with Gasteiger partial charge in [-0.3, -0.25) is 4.90 Å². The molecular weight excluding hydrogens is 242 g/mol. The second-order valence-corrected chi connectivity index (χ2v) is 6.16. The van der Waals surface area contributed by atoms with E-state index in [-0.39, 0.29) is 0 Å². The van der Waals surface area contributed by atoms with Crippen LogP contribution in [0.5, 0.6) is 0 Å². The molecule has 1 saturated heterocycles. The van der Waals surface area contributed by atoms with Gasteiger partial charge in [-0.25, -0.2) is 4.68 Å². The Hall–Kier alpha value is -1.01. The molecule has 0 amide bonds. The van der Waals surface area contributed by atoms with Gasteiger partial charge in [0.1, 0.15) is 0 Å². The van der Waals surface area contributed by atoms with Crippen LogP contribution in [-0.2, 0) is 11.3 Å². The summed E-state index contributed by atoms with van der Waals surface area (Å²) in [6, 6.07) is 1.32. The first-order valence-electron chi connectivity index (χ1n) is 7.48. The Morgan fingerprint density at radius 2 is 2.11 bits per heavy atom. The molecule has 1 aromatic heterocycles. The molecule has 6 nitrogen and oxygen atoms in total. The summed E-state index contributed by atoms with van der Waals surface area (Å²) in [4.78, 5) is 2.57. The molecule has 104 valence electrons. The van der Waals surface area contributed by atoms with Gasteiger partial charge in [-0.1, -0.05) is 0 Å². The lowest BCUT2D eigenvalue weighted by Gasteiger charge is -2.24. The third kappa shape index (κ3) is 2.65. The van der Waals surface area contributed by atoms with Crippen LogP contribution >= 0.6 is 0 Å². The maximum absolute atomic E-state index is 5.49. The summed E-state index contributed by atoms with van der Waals surface area (Å²) in [7, 11) is 0. The Morgan fingerprint density at radius 3 is 2.79 bits per heavy atom. The van der Waals surface area contributed by atoms with Gasteiger partial charge in [0.15, 0.2) is 5.82 Å². The Bertz CT molecular complexity index is 434. The predicted molar refractivity (Wildman–Crippen MR) is 68.4 cm³/mol. The highest BCUT2D eigenvalue weighted by molar-refractivity contribution is 4.94. The molecule has 1 aliphatic heterocycles. The van der Waals surface area contributed by atoms with E-state index < -0.39 is 0 Å². The number of ether oxygens (including phenoxy) is 1. The van der Waals surface area contributed by atoms with Gasteiger partial charge in [0, 0.05) is 19.2 Å². The highest BCUT2D eigenvalue weighted by Gasteiger charge is 2.34. The van der Waals surface area contributed by atoms with Gasteiger partial charge < -0.3 is 4.74 Å². The van der Waals surface area contributed by atoms with Crippen molar-refractivity contribution in [3.05, 3.63) is 5.82 Å². The molecule has 19 heavy (non-hydrogen) atoms. The van der Waals surface area contributed by atoms with E-state index in [2.05, 4.69) is 20.4 Å². The zero-order valence-electron chi connectivity index (χ0n) is 11.2. The molecule has 3 aliphatic rings. The smallest absolute Gasteiger partial charge is 0.165 e. The van der Waals surface area contributed by atoms with Crippen molar-refractivity contribution < 1.29 is 4.74 Å². The number of hydrogen-bond acceptors (Lipinski definition) is 5. The van der Waals surface area contributed by atoms with Gasteiger partial charge in [-0.2, -0.15) is 0 Å². The highest BCUT2D eigenvalue weighted by atomic mass is 16.5. The van der Waals surface area contributed by atoms with E-state index in [1.807, 2.05) is 4.68 Å². The van der Waals surface area contributed by atoms with Crippen LogP contribution in [0.2, 0.25) is 0 Å². The van der Waals surface area contributed by atoms with E-state index >= 15 is 0 Å². The molecule has 1 atom stereocenters. The third-order valence-corrected chi connectivity index (χ3v) is 4.38. The monoisotopic (exact) mass is 263 g/mol. The van der Waals surface area contributed by atoms with Crippen molar-refractivity contribution in [2.45, 2.75) is 50.7 Å². The molecular formula is C13H21N5O. The molecule has 2 saturated carbocycles. The van der Waals surface area contributed by atoms with E-state index in [9.17, 15) is 0 Å². The first-order chi connectivity index (χ1) is 9.40. The van der Waals surface area contributed by atoms with Gasteiger partial charge in [-0.05, 0) is 48.4 Å². The molecule has 0 radical (unpaired) electrons. The van der Waals surface area contributed by atoms with E-state index in [0.717, 1.165) is 38.2 Å². The third-order valence-electron chi connectivity index (χ3n) is 4.38. The van der Waals surface area contributed by atoms with Crippen LogP contribution in [0.3, 0.4) is 0 Å². The largest absolute Gasteiger partial charge is 0.381 e. The van der Waals surface area contributed by atoms with Crippen molar-refractivity contribution in [3.8, 4) is 0 Å². The predicted octanol–water partition coefficient (Wildman–Crippen LogP) is 1.01. The molecule has 6 heteroatoms. The van der Waals surface area contributed by atoms with Gasteiger partial charge in [0.05, 0.1) is 19.2 Å². The fraction of sp³-hybridized carbons (Fsp3) is 0.923. The first-order valence-corrected chi connectivity index (χ1v) is 7.48. The minimum atomic E-state index is 0.570. The van der Waals surface area contributed by atoms with Crippen molar-refractivity contribution in [3.63, 3.8) is 0 Å². The molecule has 2 heterocycles. The van der Waals surface area contributed by atoms with Crippen LogP contribution < -0.4 is 0 Å². The van der Waals surface area contributed by atoms with E-state index in [4.69, 9.17) is 4.74 Å². The Labute approximate surface area is 113 Å². The van der Waals surface area contributed by atoms with Crippen molar-refractivity contribution in [2.75, 3.05) is 19.8 Å². The number of aromatic nitrogens is 4. The lowest BCUT2D eigenvalue weighted by Crippen LogP contribution is -2.32. The van der Waals surface area contributed by atoms with Crippen LogP contribution in [0.15, 0.2) is 0 Å². The molecule has 0 bridgehead atoms. The summed E-state index contributed by atoms with van der Waals surface area (Å²) in [5.41, 5.74) is 0. The average Bonchev–Trinajstić information content (AvgIpc) is 3.35. The molecule has 0 N–H and O–H groups in total. The second-order valence-electron chi connectivity index (χ2n) is 6.16. The van der Waals surface area contributed by atoms with Crippen molar-refractivity contribution in [1.29, 1.82) is 0 Å². The van der Waals surface area contributed by atoms with Gasteiger partial charge in [0.2, 0.25) is 0 Å². The van der Waals surface area contributed by atoms with E-state index in [0.29, 0.717) is 12.0 Å². The molecule has 0 aromatic carbocycles. The zero-order chi connectivity index (χ0) is 12.7. The zero-order valence-corrected chi connectivity index (χ0v) is 11.2. The molecule has 4 rings (SSSR count). The summed E-state index contributed by atoms with van der Waals surface area (Å²) in [6.07, 6.45) is 6.34. The second kappa shape index (κ2) is 4.83. The average molecular weight is 263 g/mol. The van der Waals surface area contributed by atoms with Crippen LogP contribution in [0.1, 0.15) is 44.0 Å². The minimum Gasteiger partial charge on any atom is -0.381 e. The summed E-state index contributed by atoms with van der Waals surface area (Å²) in [5, 5.41) is 12.2. The SMILES string of the molecule is C1CC(CN(Cc2nnnn2C2CC2)C2CC2)CO1. The number of hydrogen-bond donors (Lipinski definition) is 0. The molecule has 1 aromatic rings. The van der Waals surface area contributed by atoms with Gasteiger partial charge in [-0.15, -0.1) is 5.10 Å². The van der Waals surface area contributed by atoms with Gasteiger partial charge in [0.25, 0.3) is 0 Å². The fourth-order valence-electron chi connectivity index (χ4n) is 2.94. The van der Waals surface area contributed by atoms with E-state index in [1.165, 1.54) is 32.1 Å². The Balaban J connectivity index is 1.43. The minimum absolute atomic E-state index is 0.570. The summed E-state index contributed by atoms with van der Waals surface area (Å²) < 4.78 is 7.54. The standard InChI is InChI=1S/C13H21N5O/c1-2-11(1)17(7-10-5-6-19-9-10)8-13-14-15-16-18(13)12-3-4-12/h10-12H,1-9H2. The quantitative estimate of drug-likeness (QED) is 0.766. The van der Waals surface area contributed by atoms with Crippen LogP contribution in [0.4, 0.5) is 0 Å². The highest BCUT2D eigenvalue weighted by Crippen LogP contribution is 2.35. The normalized spacial score (nSPS) is 27.3. The lowest BCUT2D eigenvalue weighted by molar-refractivity contribution is 0.159. The molecule has 1 unspecified atom stereocenters. The van der Waals surface area contributed by atoms with Crippen LogP contribution in [-0.4, -0.2) is 50.9 Å². The Kier molecular flexibility index (Phi) is 3.00. The molecule has 0 spiro atoms. The number of rotatable bonds is 6. The van der Waals surface area contributed by atoms with Crippen LogP contribution in [0, 0.1) is 5.92 Å². The summed E-state index contributed by atoms with van der Waals surface area (Å²) >= 11 is 0. The van der Waals surface area contributed by atoms with E-state index in [1.54, 1.807) is 0 Å². The van der Waals surface area contributed by atoms with Crippen molar-refractivity contribution in [1.82, 2.24) is 25.1 Å². The number of nitrogens with zero attached hydrogens (tertiary/aromatic N) is 5. The lowest BCUT2D eigenvalue weighted by atomic mass is 10.1. The summed E-state index contributed by atoms with van der Waals surface area (Å²) in [5.74, 6) is 1.75. The molecule has 2 aliphatic carbocycles. The van der Waals surface area contributed by atoms with Crippen molar-refractivity contribution >= 4 is 0 Å². The first kappa shape index (κ1) is 11.8. The maximum atomic E-state index is 5.49. The topological polar surface area (TPSA) is 56.1 Å². The van der Waals surface area contributed by atoms with Crippen molar-refractivity contribution in [2.24, 2.45) is 5.92 Å².